The van der Waals surface area contributed by atoms with Crippen molar-refractivity contribution in [3.63, 3.8) is 0 Å². The second-order valence-electron chi connectivity index (χ2n) is 3.59. The average Bonchev–Trinajstić information content (AvgIpc) is 2.74. The molecule has 0 bridgehead atoms. The summed E-state index contributed by atoms with van der Waals surface area (Å²) < 4.78 is 3.96. The van der Waals surface area contributed by atoms with Crippen LogP contribution < -0.4 is 5.32 Å². The molecule has 1 N–H and O–H groups in total. The molecule has 2 rings (SSSR count). The third-order valence-corrected chi connectivity index (χ3v) is 3.43. The summed E-state index contributed by atoms with van der Waals surface area (Å²) in [5.41, 5.74) is 2.08. The van der Waals surface area contributed by atoms with E-state index in [2.05, 4.69) is 19.9 Å². The maximum Gasteiger partial charge on any atom is 0.0772 e. The molecule has 1 atom stereocenters. The lowest BCUT2D eigenvalue weighted by molar-refractivity contribution is 0.590. The molecular weight excluding hydrogens is 220 g/mol. The summed E-state index contributed by atoms with van der Waals surface area (Å²) >= 11 is 1.45. The Morgan fingerprint density at radius 3 is 2.88 bits per heavy atom. The highest BCUT2D eigenvalue weighted by Crippen LogP contribution is 2.22. The van der Waals surface area contributed by atoms with Gasteiger partial charge >= 0.3 is 0 Å². The molecule has 2 aromatic heterocycles. The van der Waals surface area contributed by atoms with Crippen LogP contribution in [0.2, 0.25) is 0 Å². The third-order valence-electron chi connectivity index (χ3n) is 2.49. The van der Waals surface area contributed by atoms with Crippen LogP contribution in [0.3, 0.4) is 0 Å². The third kappa shape index (κ3) is 2.43. The Labute approximate surface area is 98.9 Å². The highest BCUT2D eigenvalue weighted by Gasteiger charge is 2.16. The lowest BCUT2D eigenvalue weighted by atomic mass is 10.1. The van der Waals surface area contributed by atoms with Crippen molar-refractivity contribution < 1.29 is 0 Å². The number of hydrogen-bond donors (Lipinski definition) is 1. The Hall–Kier alpha value is -1.33. The van der Waals surface area contributed by atoms with Crippen LogP contribution in [0.5, 0.6) is 0 Å². The number of nitrogens with zero attached hydrogens (tertiary/aromatic N) is 3. The second kappa shape index (κ2) is 5.14. The Kier molecular flexibility index (Phi) is 3.58. The molecule has 4 nitrogen and oxygen atoms in total. The standard InChI is InChI=1S/C11H14N4S/c1-8-11(16-15-14-8)10(12-2)7-9-5-3-4-6-13-9/h3-6,10,12H,7H2,1-2H3. The highest BCUT2D eigenvalue weighted by atomic mass is 32.1. The molecular formula is C11H14N4S. The van der Waals surface area contributed by atoms with Gasteiger partial charge in [-0.3, -0.25) is 4.98 Å². The van der Waals surface area contributed by atoms with Crippen LogP contribution in [0.15, 0.2) is 24.4 Å². The number of rotatable bonds is 4. The lowest BCUT2D eigenvalue weighted by Gasteiger charge is -2.13. The van der Waals surface area contributed by atoms with Crippen molar-refractivity contribution in [2.45, 2.75) is 19.4 Å². The zero-order valence-corrected chi connectivity index (χ0v) is 10.2. The summed E-state index contributed by atoms with van der Waals surface area (Å²) in [7, 11) is 1.95. The predicted octanol–water partition coefficient (Wildman–Crippen LogP) is 1.74. The molecule has 0 radical (unpaired) electrons. The SMILES string of the molecule is CNC(Cc1ccccn1)c1snnc1C. The van der Waals surface area contributed by atoms with Gasteiger partial charge < -0.3 is 5.32 Å². The summed E-state index contributed by atoms with van der Waals surface area (Å²) in [5.74, 6) is 0. The van der Waals surface area contributed by atoms with Crippen molar-refractivity contribution in [1.29, 1.82) is 0 Å². The highest BCUT2D eigenvalue weighted by molar-refractivity contribution is 7.05. The van der Waals surface area contributed by atoms with Gasteiger partial charge in [0.15, 0.2) is 0 Å². The molecule has 0 amide bonds. The summed E-state index contributed by atoms with van der Waals surface area (Å²) in [5, 5.41) is 7.32. The number of aryl methyl sites for hydroxylation is 1. The van der Waals surface area contributed by atoms with Crippen molar-refractivity contribution in [3.05, 3.63) is 40.7 Å². The van der Waals surface area contributed by atoms with Crippen LogP contribution >= 0.6 is 11.5 Å². The number of aromatic nitrogens is 3. The molecule has 0 saturated carbocycles. The molecule has 0 spiro atoms. The van der Waals surface area contributed by atoms with E-state index in [4.69, 9.17) is 0 Å². The molecule has 2 aromatic rings. The second-order valence-corrected chi connectivity index (χ2v) is 4.37. The van der Waals surface area contributed by atoms with Crippen molar-refractivity contribution >= 4 is 11.5 Å². The Bertz CT molecular complexity index is 440. The van der Waals surface area contributed by atoms with E-state index >= 15 is 0 Å². The van der Waals surface area contributed by atoms with Crippen molar-refractivity contribution in [1.82, 2.24) is 19.9 Å². The Morgan fingerprint density at radius 2 is 2.31 bits per heavy atom. The van der Waals surface area contributed by atoms with E-state index in [1.807, 2.05) is 38.4 Å². The first-order chi connectivity index (χ1) is 7.81. The molecule has 0 fully saturated rings. The van der Waals surface area contributed by atoms with Crippen LogP contribution in [-0.2, 0) is 6.42 Å². The number of likely N-dealkylation sites (N-methyl/N-ethyl adjacent to an activating group) is 1. The predicted molar refractivity (Wildman–Crippen MR) is 64.4 cm³/mol. The van der Waals surface area contributed by atoms with Gasteiger partial charge in [0.2, 0.25) is 0 Å². The molecule has 16 heavy (non-hydrogen) atoms. The molecule has 2 heterocycles. The number of hydrogen-bond acceptors (Lipinski definition) is 5. The molecule has 0 aliphatic carbocycles. The van der Waals surface area contributed by atoms with Gasteiger partial charge in [0.05, 0.1) is 16.6 Å². The van der Waals surface area contributed by atoms with Gasteiger partial charge in [-0.2, -0.15) is 0 Å². The molecule has 0 aliphatic rings. The van der Waals surface area contributed by atoms with Crippen LogP contribution in [-0.4, -0.2) is 21.6 Å². The summed E-state index contributed by atoms with van der Waals surface area (Å²) in [4.78, 5) is 5.52. The molecule has 5 heteroatoms. The van der Waals surface area contributed by atoms with Crippen molar-refractivity contribution in [2.24, 2.45) is 0 Å². The maximum atomic E-state index is 4.33. The van der Waals surface area contributed by atoms with E-state index < -0.39 is 0 Å². The summed E-state index contributed by atoms with van der Waals surface area (Å²) in [6, 6.07) is 6.22. The van der Waals surface area contributed by atoms with Gasteiger partial charge in [0.25, 0.3) is 0 Å². The number of pyridine rings is 1. The van der Waals surface area contributed by atoms with Crippen LogP contribution in [0.4, 0.5) is 0 Å². The summed E-state index contributed by atoms with van der Waals surface area (Å²) in [6.45, 7) is 1.99. The quantitative estimate of drug-likeness (QED) is 0.875. The van der Waals surface area contributed by atoms with Gasteiger partial charge in [-0.1, -0.05) is 10.6 Å². The van der Waals surface area contributed by atoms with Crippen LogP contribution in [0.1, 0.15) is 22.3 Å². The van der Waals surface area contributed by atoms with E-state index in [9.17, 15) is 0 Å². The summed E-state index contributed by atoms with van der Waals surface area (Å²) in [6.07, 6.45) is 2.68. The van der Waals surface area contributed by atoms with Gasteiger partial charge in [-0.15, -0.1) is 5.10 Å². The van der Waals surface area contributed by atoms with Gasteiger partial charge in [-0.05, 0) is 37.6 Å². The first kappa shape index (κ1) is 11.2. The fourth-order valence-electron chi connectivity index (χ4n) is 1.61. The fraction of sp³-hybridized carbons (Fsp3) is 0.364. The molecule has 0 saturated heterocycles. The van der Waals surface area contributed by atoms with E-state index in [1.165, 1.54) is 16.4 Å². The zero-order chi connectivity index (χ0) is 11.4. The van der Waals surface area contributed by atoms with Gasteiger partial charge in [0, 0.05) is 18.3 Å². The maximum absolute atomic E-state index is 4.33. The Balaban J connectivity index is 2.16. The zero-order valence-electron chi connectivity index (χ0n) is 9.34. The van der Waals surface area contributed by atoms with Crippen LogP contribution in [0.25, 0.3) is 0 Å². The van der Waals surface area contributed by atoms with E-state index in [1.54, 1.807) is 0 Å². The minimum absolute atomic E-state index is 0.245. The first-order valence-electron chi connectivity index (χ1n) is 5.17. The van der Waals surface area contributed by atoms with Crippen molar-refractivity contribution in [2.75, 3.05) is 7.05 Å². The monoisotopic (exact) mass is 234 g/mol. The molecule has 0 aliphatic heterocycles. The molecule has 1 unspecified atom stereocenters. The van der Waals surface area contributed by atoms with E-state index in [0.29, 0.717) is 0 Å². The van der Waals surface area contributed by atoms with E-state index in [0.717, 1.165) is 17.8 Å². The smallest absolute Gasteiger partial charge is 0.0772 e. The van der Waals surface area contributed by atoms with Crippen molar-refractivity contribution in [3.8, 4) is 0 Å². The average molecular weight is 234 g/mol. The normalized spacial score (nSPS) is 12.6. The topological polar surface area (TPSA) is 50.7 Å². The van der Waals surface area contributed by atoms with Crippen LogP contribution in [0, 0.1) is 6.92 Å². The largest absolute Gasteiger partial charge is 0.312 e. The minimum atomic E-state index is 0.245. The van der Waals surface area contributed by atoms with Gasteiger partial charge in [0.1, 0.15) is 0 Å². The lowest BCUT2D eigenvalue weighted by Crippen LogP contribution is -2.19. The Morgan fingerprint density at radius 1 is 1.44 bits per heavy atom. The first-order valence-corrected chi connectivity index (χ1v) is 5.94. The molecule has 0 aromatic carbocycles. The van der Waals surface area contributed by atoms with E-state index in [-0.39, 0.29) is 6.04 Å². The van der Waals surface area contributed by atoms with Gasteiger partial charge in [-0.25, -0.2) is 0 Å². The minimum Gasteiger partial charge on any atom is -0.312 e. The molecule has 84 valence electrons. The fourth-order valence-corrected chi connectivity index (χ4v) is 2.36. The number of nitrogens with one attached hydrogen (secondary N) is 1.